The monoisotopic (exact) mass is 573 g/mol. The fourth-order valence-corrected chi connectivity index (χ4v) is 7.33. The summed E-state index contributed by atoms with van der Waals surface area (Å²) in [6.45, 7) is 12.0. The van der Waals surface area contributed by atoms with Crippen molar-refractivity contribution in [2.75, 3.05) is 36.4 Å². The third-order valence-electron chi connectivity index (χ3n) is 9.36. The number of nitrogens with one attached hydrogen (secondary N) is 1. The lowest BCUT2D eigenvalue weighted by Crippen LogP contribution is -2.56. The van der Waals surface area contributed by atoms with Gasteiger partial charge in [0.1, 0.15) is 5.02 Å². The molecule has 2 atom stereocenters. The number of aromatic nitrogens is 2. The first-order valence-electron chi connectivity index (χ1n) is 14.3. The highest BCUT2D eigenvalue weighted by Gasteiger charge is 2.49. The Labute approximate surface area is 242 Å². The van der Waals surface area contributed by atoms with Gasteiger partial charge in [-0.05, 0) is 102 Å². The van der Waals surface area contributed by atoms with Gasteiger partial charge < -0.3 is 20.2 Å². The topological polar surface area (TPSA) is 81.6 Å². The molecule has 2 aliphatic heterocycles. The predicted molar refractivity (Wildman–Crippen MR) is 158 cm³/mol. The molecular formula is C30H41Cl2N5O2. The minimum absolute atomic E-state index is 0.0539. The normalized spacial score (nSPS) is 27.2. The van der Waals surface area contributed by atoms with Crippen molar-refractivity contribution in [3.63, 3.8) is 0 Å². The molecule has 1 saturated carbocycles. The average molecular weight is 575 g/mol. The highest BCUT2D eigenvalue weighted by atomic mass is 35.5. The third kappa shape index (κ3) is 6.01. The molecule has 9 heteroatoms. The number of aryl methyl sites for hydroxylation is 2. The van der Waals surface area contributed by atoms with Gasteiger partial charge in [-0.2, -0.15) is 4.98 Å². The molecule has 212 valence electrons. The Morgan fingerprint density at radius 3 is 2.49 bits per heavy atom. The van der Waals surface area contributed by atoms with E-state index >= 15 is 0 Å². The van der Waals surface area contributed by atoms with Crippen LogP contribution in [0.4, 0.5) is 11.8 Å². The molecule has 0 spiro atoms. The molecule has 0 bridgehead atoms. The highest BCUT2D eigenvalue weighted by molar-refractivity contribution is 6.33. The van der Waals surface area contributed by atoms with Crippen LogP contribution in [0.1, 0.15) is 75.2 Å². The molecule has 0 unspecified atom stereocenters. The van der Waals surface area contributed by atoms with Gasteiger partial charge in [0, 0.05) is 30.7 Å². The summed E-state index contributed by atoms with van der Waals surface area (Å²) < 4.78 is 0. The number of hydrogen-bond donors (Lipinski definition) is 2. The highest BCUT2D eigenvalue weighted by Crippen LogP contribution is 2.45. The molecule has 7 nitrogen and oxygen atoms in total. The lowest BCUT2D eigenvalue weighted by Gasteiger charge is -2.51. The number of anilines is 2. The van der Waals surface area contributed by atoms with E-state index in [9.17, 15) is 9.90 Å². The summed E-state index contributed by atoms with van der Waals surface area (Å²) in [7, 11) is 0. The van der Waals surface area contributed by atoms with Crippen LogP contribution in [-0.2, 0) is 4.79 Å². The molecule has 3 aliphatic rings. The first-order valence-corrected chi connectivity index (χ1v) is 15.1. The lowest BCUT2D eigenvalue weighted by molar-refractivity contribution is -0.158. The SMILES string of the molecule is Cc1ccc([C@@H](C)Nc2nc(N3CCC([C@H]4CCCN(C5CC(C)(C(=O)O)C5)C4)CC3)nc(C)c2Cl)c(Cl)c1. The zero-order chi connectivity index (χ0) is 27.9. The van der Waals surface area contributed by atoms with E-state index in [4.69, 9.17) is 33.2 Å². The molecule has 2 saturated heterocycles. The van der Waals surface area contributed by atoms with Gasteiger partial charge in [-0.3, -0.25) is 4.79 Å². The number of piperidine rings is 2. The first kappa shape index (κ1) is 28.4. The van der Waals surface area contributed by atoms with Crippen LogP contribution in [0.2, 0.25) is 10.0 Å². The van der Waals surface area contributed by atoms with E-state index in [2.05, 4.69) is 28.1 Å². The molecule has 0 radical (unpaired) electrons. The summed E-state index contributed by atoms with van der Waals surface area (Å²) in [5.74, 6) is 2.09. The molecule has 1 aliphatic carbocycles. The Morgan fingerprint density at radius 2 is 1.82 bits per heavy atom. The number of carboxylic acid groups (broad SMARTS) is 1. The Hall–Kier alpha value is -2.09. The van der Waals surface area contributed by atoms with Crippen molar-refractivity contribution in [1.29, 1.82) is 0 Å². The third-order valence-corrected chi connectivity index (χ3v) is 10.1. The Kier molecular flexibility index (Phi) is 8.33. The van der Waals surface area contributed by atoms with Gasteiger partial charge in [0.25, 0.3) is 0 Å². The van der Waals surface area contributed by atoms with Crippen LogP contribution in [0.5, 0.6) is 0 Å². The Bertz CT molecular complexity index is 1210. The van der Waals surface area contributed by atoms with Crippen molar-refractivity contribution in [3.05, 3.63) is 45.1 Å². The van der Waals surface area contributed by atoms with Gasteiger partial charge in [-0.15, -0.1) is 0 Å². The van der Waals surface area contributed by atoms with Crippen LogP contribution in [0.15, 0.2) is 18.2 Å². The number of carboxylic acids is 1. The van der Waals surface area contributed by atoms with Gasteiger partial charge in [0.15, 0.2) is 5.82 Å². The molecular weight excluding hydrogens is 533 g/mol. The molecule has 3 fully saturated rings. The molecule has 1 aromatic heterocycles. The van der Waals surface area contributed by atoms with E-state index < -0.39 is 11.4 Å². The summed E-state index contributed by atoms with van der Waals surface area (Å²) in [6, 6.07) is 6.46. The van der Waals surface area contributed by atoms with Crippen molar-refractivity contribution in [1.82, 2.24) is 14.9 Å². The summed E-state index contributed by atoms with van der Waals surface area (Å²) in [5, 5.41) is 14.2. The number of nitrogens with zero attached hydrogens (tertiary/aromatic N) is 4. The van der Waals surface area contributed by atoms with Crippen LogP contribution in [0.3, 0.4) is 0 Å². The van der Waals surface area contributed by atoms with Crippen LogP contribution in [0.25, 0.3) is 0 Å². The molecule has 0 amide bonds. The second kappa shape index (κ2) is 11.4. The maximum absolute atomic E-state index is 11.5. The van der Waals surface area contributed by atoms with Crippen molar-refractivity contribution < 1.29 is 9.90 Å². The minimum atomic E-state index is -0.647. The number of hydrogen-bond acceptors (Lipinski definition) is 6. The standard InChI is InChI=1S/C30H41Cl2N5O2/c1-18-7-8-24(25(31)14-18)19(2)33-27-26(32)20(3)34-29(35-27)36-12-9-21(10-13-36)22-6-5-11-37(17-22)23-15-30(4,16-23)28(38)39/h7-8,14,19,21-23H,5-6,9-13,15-17H2,1-4H3,(H,38,39)(H,33,34,35)/t19-,22+,23?,30?/m1/s1. The smallest absolute Gasteiger partial charge is 0.309 e. The zero-order valence-corrected chi connectivity index (χ0v) is 25.0. The lowest BCUT2D eigenvalue weighted by atomic mass is 9.65. The fraction of sp³-hybridized carbons (Fsp3) is 0.633. The maximum Gasteiger partial charge on any atom is 0.309 e. The fourth-order valence-electron chi connectivity index (χ4n) is 6.79. The number of aliphatic carboxylic acids is 1. The molecule has 2 N–H and O–H groups in total. The van der Waals surface area contributed by atoms with Crippen LogP contribution >= 0.6 is 23.2 Å². The number of benzene rings is 1. The molecule has 5 rings (SSSR count). The van der Waals surface area contributed by atoms with E-state index in [-0.39, 0.29) is 6.04 Å². The molecule has 1 aromatic carbocycles. The number of rotatable bonds is 7. The number of halogens is 2. The van der Waals surface area contributed by atoms with Crippen molar-refractivity contribution in [2.45, 2.75) is 78.3 Å². The summed E-state index contributed by atoms with van der Waals surface area (Å²) in [4.78, 5) is 26.0. The van der Waals surface area contributed by atoms with E-state index in [0.717, 1.165) is 79.7 Å². The molecule has 3 heterocycles. The van der Waals surface area contributed by atoms with E-state index in [1.54, 1.807) is 0 Å². The van der Waals surface area contributed by atoms with Gasteiger partial charge in [-0.25, -0.2) is 4.98 Å². The summed E-state index contributed by atoms with van der Waals surface area (Å²) >= 11 is 13.2. The molecule has 2 aromatic rings. The number of carbonyl (C=O) groups is 1. The van der Waals surface area contributed by atoms with Gasteiger partial charge in [0.05, 0.1) is 17.2 Å². The first-order chi connectivity index (χ1) is 18.5. The maximum atomic E-state index is 11.5. The van der Waals surface area contributed by atoms with Crippen LogP contribution in [0, 0.1) is 31.1 Å². The Balaban J connectivity index is 1.20. The quantitative estimate of drug-likeness (QED) is 0.378. The van der Waals surface area contributed by atoms with Gasteiger partial charge in [0.2, 0.25) is 5.95 Å². The van der Waals surface area contributed by atoms with Crippen molar-refractivity contribution >= 4 is 40.9 Å². The van der Waals surface area contributed by atoms with Crippen molar-refractivity contribution in [3.8, 4) is 0 Å². The summed E-state index contributed by atoms with van der Waals surface area (Å²) in [6.07, 6.45) is 6.30. The van der Waals surface area contributed by atoms with E-state index in [1.807, 2.05) is 32.9 Å². The average Bonchev–Trinajstić information content (AvgIpc) is 2.89. The largest absolute Gasteiger partial charge is 0.481 e. The van der Waals surface area contributed by atoms with Crippen LogP contribution in [-0.4, -0.2) is 58.2 Å². The van der Waals surface area contributed by atoms with E-state index in [1.165, 1.54) is 12.8 Å². The second-order valence-electron chi connectivity index (χ2n) is 12.3. The minimum Gasteiger partial charge on any atom is -0.481 e. The second-order valence-corrected chi connectivity index (χ2v) is 13.1. The summed E-state index contributed by atoms with van der Waals surface area (Å²) in [5.41, 5.74) is 2.37. The van der Waals surface area contributed by atoms with Crippen molar-refractivity contribution in [2.24, 2.45) is 17.3 Å². The zero-order valence-electron chi connectivity index (χ0n) is 23.5. The predicted octanol–water partition coefficient (Wildman–Crippen LogP) is 6.76. The van der Waals surface area contributed by atoms with Gasteiger partial charge in [-0.1, -0.05) is 35.3 Å². The molecule has 39 heavy (non-hydrogen) atoms. The van der Waals surface area contributed by atoms with E-state index in [0.29, 0.717) is 28.7 Å². The Morgan fingerprint density at radius 1 is 1.10 bits per heavy atom. The number of likely N-dealkylation sites (tertiary alicyclic amines) is 1. The van der Waals surface area contributed by atoms with Gasteiger partial charge >= 0.3 is 5.97 Å². The van der Waals surface area contributed by atoms with Crippen LogP contribution < -0.4 is 10.2 Å².